The van der Waals surface area contributed by atoms with E-state index in [1.807, 2.05) is 12.1 Å². The lowest BCUT2D eigenvalue weighted by molar-refractivity contribution is 0.262. The van der Waals surface area contributed by atoms with Crippen molar-refractivity contribution in [2.24, 2.45) is 0 Å². The Labute approximate surface area is 120 Å². The molecule has 20 heavy (non-hydrogen) atoms. The topological polar surface area (TPSA) is 41.5 Å². The Morgan fingerprint density at radius 3 is 2.55 bits per heavy atom. The van der Waals surface area contributed by atoms with Crippen LogP contribution in [0.25, 0.3) is 10.8 Å². The van der Waals surface area contributed by atoms with Crippen LogP contribution >= 0.6 is 0 Å². The molecule has 0 saturated heterocycles. The lowest BCUT2D eigenvalue weighted by Gasteiger charge is -2.17. The number of methoxy groups -OCH3 is 1. The van der Waals surface area contributed by atoms with Crippen LogP contribution in [0.4, 0.5) is 0 Å². The highest BCUT2D eigenvalue weighted by Gasteiger charge is 2.08. The summed E-state index contributed by atoms with van der Waals surface area (Å²) in [4.78, 5) is 0. The van der Waals surface area contributed by atoms with Crippen molar-refractivity contribution in [2.45, 2.75) is 32.4 Å². The number of fused-ring (bicyclic) bond motifs is 1. The normalized spacial score (nSPS) is 12.6. The van der Waals surface area contributed by atoms with E-state index in [1.54, 1.807) is 7.11 Å². The van der Waals surface area contributed by atoms with Gasteiger partial charge in [0.15, 0.2) is 0 Å². The Hall–Kier alpha value is -1.58. The fourth-order valence-electron chi connectivity index (χ4n) is 2.53. The molecule has 0 aliphatic heterocycles. The molecule has 2 N–H and O–H groups in total. The number of hydrogen-bond donors (Lipinski definition) is 2. The van der Waals surface area contributed by atoms with Gasteiger partial charge in [0.25, 0.3) is 0 Å². The monoisotopic (exact) mass is 273 g/mol. The van der Waals surface area contributed by atoms with Gasteiger partial charge < -0.3 is 15.2 Å². The van der Waals surface area contributed by atoms with Crippen molar-refractivity contribution < 1.29 is 9.84 Å². The molecule has 3 heteroatoms. The van der Waals surface area contributed by atoms with Crippen molar-refractivity contribution in [1.29, 1.82) is 0 Å². The van der Waals surface area contributed by atoms with Crippen molar-refractivity contribution in [3.05, 3.63) is 42.0 Å². The summed E-state index contributed by atoms with van der Waals surface area (Å²) >= 11 is 0. The van der Waals surface area contributed by atoms with Gasteiger partial charge in [-0.3, -0.25) is 0 Å². The van der Waals surface area contributed by atoms with Gasteiger partial charge in [0.1, 0.15) is 5.75 Å². The Bertz CT molecular complexity index is 554. The molecule has 0 heterocycles. The summed E-state index contributed by atoms with van der Waals surface area (Å²) in [5.74, 6) is 0.909. The molecule has 0 radical (unpaired) electrons. The molecule has 0 bridgehead atoms. The fourth-order valence-corrected chi connectivity index (χ4v) is 2.53. The summed E-state index contributed by atoms with van der Waals surface area (Å²) < 4.78 is 5.41. The van der Waals surface area contributed by atoms with Gasteiger partial charge >= 0.3 is 0 Å². The van der Waals surface area contributed by atoms with Crippen LogP contribution < -0.4 is 10.1 Å². The number of benzene rings is 2. The summed E-state index contributed by atoms with van der Waals surface area (Å²) in [6.45, 7) is 3.18. The standard InChI is InChI=1S/C17H23NO2/c1-3-14(10-11-19)18-12-13-8-9-17(20-2)16-7-5-4-6-15(13)16/h4-9,14,18-19H,3,10-12H2,1-2H3. The maximum atomic E-state index is 9.05. The number of ether oxygens (including phenoxy) is 1. The van der Waals surface area contributed by atoms with Gasteiger partial charge in [0, 0.05) is 24.6 Å². The van der Waals surface area contributed by atoms with E-state index < -0.39 is 0 Å². The number of rotatable bonds is 7. The molecule has 1 atom stereocenters. The van der Waals surface area contributed by atoms with Gasteiger partial charge in [-0.25, -0.2) is 0 Å². The van der Waals surface area contributed by atoms with Gasteiger partial charge in [0.2, 0.25) is 0 Å². The zero-order valence-corrected chi connectivity index (χ0v) is 12.2. The van der Waals surface area contributed by atoms with Crippen molar-refractivity contribution in [2.75, 3.05) is 13.7 Å². The predicted octanol–water partition coefficient (Wildman–Crippen LogP) is 3.10. The lowest BCUT2D eigenvalue weighted by atomic mass is 10.0. The first-order valence-corrected chi connectivity index (χ1v) is 7.19. The zero-order valence-electron chi connectivity index (χ0n) is 12.2. The van der Waals surface area contributed by atoms with Gasteiger partial charge in [-0.15, -0.1) is 0 Å². The van der Waals surface area contributed by atoms with Crippen molar-refractivity contribution in [3.63, 3.8) is 0 Å². The summed E-state index contributed by atoms with van der Waals surface area (Å²) in [5.41, 5.74) is 1.26. The summed E-state index contributed by atoms with van der Waals surface area (Å²) in [5, 5.41) is 14.9. The highest BCUT2D eigenvalue weighted by molar-refractivity contribution is 5.91. The minimum atomic E-state index is 0.231. The van der Waals surface area contributed by atoms with Crippen LogP contribution in [-0.2, 0) is 6.54 Å². The van der Waals surface area contributed by atoms with E-state index in [-0.39, 0.29) is 6.61 Å². The fraction of sp³-hybridized carbons (Fsp3) is 0.412. The second-order valence-corrected chi connectivity index (χ2v) is 4.97. The molecular formula is C17H23NO2. The Morgan fingerprint density at radius 2 is 1.90 bits per heavy atom. The third-order valence-corrected chi connectivity index (χ3v) is 3.75. The molecule has 3 nitrogen and oxygen atoms in total. The van der Waals surface area contributed by atoms with Crippen LogP contribution in [0.3, 0.4) is 0 Å². The number of aliphatic hydroxyl groups excluding tert-OH is 1. The molecule has 0 saturated carbocycles. The highest BCUT2D eigenvalue weighted by Crippen LogP contribution is 2.28. The largest absolute Gasteiger partial charge is 0.496 e. The molecule has 2 rings (SSSR count). The first-order chi connectivity index (χ1) is 9.80. The molecule has 0 aliphatic carbocycles. The minimum absolute atomic E-state index is 0.231. The van der Waals surface area contributed by atoms with E-state index in [2.05, 4.69) is 36.5 Å². The van der Waals surface area contributed by atoms with E-state index in [4.69, 9.17) is 9.84 Å². The first kappa shape index (κ1) is 14.8. The average Bonchev–Trinajstić information content (AvgIpc) is 2.51. The molecule has 1 unspecified atom stereocenters. The number of aliphatic hydroxyl groups is 1. The molecule has 0 aromatic heterocycles. The van der Waals surface area contributed by atoms with E-state index in [0.29, 0.717) is 6.04 Å². The van der Waals surface area contributed by atoms with E-state index in [1.165, 1.54) is 10.9 Å². The molecular weight excluding hydrogens is 250 g/mol. The third-order valence-electron chi connectivity index (χ3n) is 3.75. The van der Waals surface area contributed by atoms with Crippen LogP contribution in [0.1, 0.15) is 25.3 Å². The van der Waals surface area contributed by atoms with Crippen LogP contribution in [0.15, 0.2) is 36.4 Å². The molecule has 0 amide bonds. The van der Waals surface area contributed by atoms with Crippen molar-refractivity contribution in [1.82, 2.24) is 5.32 Å². The summed E-state index contributed by atoms with van der Waals surface area (Å²) in [6.07, 6.45) is 1.82. The van der Waals surface area contributed by atoms with Gasteiger partial charge in [-0.1, -0.05) is 37.3 Å². The lowest BCUT2D eigenvalue weighted by Crippen LogP contribution is -2.28. The van der Waals surface area contributed by atoms with Crippen LogP contribution in [-0.4, -0.2) is 24.9 Å². The second-order valence-electron chi connectivity index (χ2n) is 4.97. The van der Waals surface area contributed by atoms with Crippen molar-refractivity contribution in [3.8, 4) is 5.75 Å². The molecule has 0 aliphatic rings. The van der Waals surface area contributed by atoms with Gasteiger partial charge in [0.05, 0.1) is 7.11 Å². The Balaban J connectivity index is 2.22. The average molecular weight is 273 g/mol. The smallest absolute Gasteiger partial charge is 0.126 e. The predicted molar refractivity (Wildman–Crippen MR) is 83.1 cm³/mol. The maximum absolute atomic E-state index is 9.05. The molecule has 2 aromatic rings. The summed E-state index contributed by atoms with van der Waals surface area (Å²) in [6, 6.07) is 12.8. The molecule has 2 aromatic carbocycles. The van der Waals surface area contributed by atoms with E-state index in [0.717, 1.165) is 30.5 Å². The number of hydrogen-bond acceptors (Lipinski definition) is 3. The Morgan fingerprint density at radius 1 is 1.15 bits per heavy atom. The first-order valence-electron chi connectivity index (χ1n) is 7.19. The van der Waals surface area contributed by atoms with Crippen LogP contribution in [0.5, 0.6) is 5.75 Å². The van der Waals surface area contributed by atoms with E-state index >= 15 is 0 Å². The quantitative estimate of drug-likeness (QED) is 0.814. The molecule has 0 spiro atoms. The zero-order chi connectivity index (χ0) is 14.4. The van der Waals surface area contributed by atoms with Gasteiger partial charge in [-0.05, 0) is 29.9 Å². The molecule has 0 fully saturated rings. The Kier molecular flexibility index (Phi) is 5.39. The SMILES string of the molecule is CCC(CCO)NCc1ccc(OC)c2ccccc12. The van der Waals surface area contributed by atoms with Gasteiger partial charge in [-0.2, -0.15) is 0 Å². The minimum Gasteiger partial charge on any atom is -0.496 e. The summed E-state index contributed by atoms with van der Waals surface area (Å²) in [7, 11) is 1.70. The maximum Gasteiger partial charge on any atom is 0.126 e. The second kappa shape index (κ2) is 7.27. The number of nitrogens with one attached hydrogen (secondary N) is 1. The van der Waals surface area contributed by atoms with Crippen molar-refractivity contribution >= 4 is 10.8 Å². The molecule has 108 valence electrons. The van der Waals surface area contributed by atoms with Crippen LogP contribution in [0.2, 0.25) is 0 Å². The van der Waals surface area contributed by atoms with Crippen LogP contribution in [0, 0.1) is 0 Å². The highest BCUT2D eigenvalue weighted by atomic mass is 16.5. The van der Waals surface area contributed by atoms with E-state index in [9.17, 15) is 0 Å². The third kappa shape index (κ3) is 3.30.